The molecular weight excluding hydrogens is 360 g/mol. The summed E-state index contributed by atoms with van der Waals surface area (Å²) in [5, 5.41) is 2.50. The normalized spacial score (nSPS) is 10.9. The van der Waals surface area contributed by atoms with Crippen molar-refractivity contribution in [3.63, 3.8) is 0 Å². The van der Waals surface area contributed by atoms with E-state index >= 15 is 0 Å². The second-order valence-electron chi connectivity index (χ2n) is 6.11. The molecule has 2 aromatic heterocycles. The van der Waals surface area contributed by atoms with Crippen LogP contribution in [0.25, 0.3) is 32.7 Å². The van der Waals surface area contributed by atoms with E-state index in [0.717, 1.165) is 16.9 Å². The van der Waals surface area contributed by atoms with Gasteiger partial charge in [-0.05, 0) is 30.7 Å². The zero-order valence-electron chi connectivity index (χ0n) is 14.8. The largest absolute Gasteiger partial charge is 0.497 e. The molecule has 2 heterocycles. The first-order chi connectivity index (χ1) is 13.1. The number of hydrogen-bond acceptors (Lipinski definition) is 5. The standard InChI is InChI=1S/C21H16N2O3S/c1-12(24)14-4-3-5-15(10-14)19-22-20(25)18-17(11-27-21(18)23-19)13-6-8-16(26-2)9-7-13/h3-11H,1-2H3,(H,22,23,25). The number of hydrogen-bond donors (Lipinski definition) is 1. The van der Waals surface area contributed by atoms with Crippen molar-refractivity contribution in [2.24, 2.45) is 0 Å². The Kier molecular flexibility index (Phi) is 4.33. The van der Waals surface area contributed by atoms with Gasteiger partial charge in [-0.25, -0.2) is 4.98 Å². The van der Waals surface area contributed by atoms with Crippen molar-refractivity contribution in [2.75, 3.05) is 7.11 Å². The van der Waals surface area contributed by atoms with Crippen molar-refractivity contribution < 1.29 is 9.53 Å². The molecule has 0 aliphatic rings. The highest BCUT2D eigenvalue weighted by Crippen LogP contribution is 2.32. The number of nitrogens with one attached hydrogen (secondary N) is 1. The molecule has 0 atom stereocenters. The number of ketones is 1. The molecule has 0 aliphatic carbocycles. The van der Waals surface area contributed by atoms with Gasteiger partial charge in [0.25, 0.3) is 5.56 Å². The molecule has 5 nitrogen and oxygen atoms in total. The summed E-state index contributed by atoms with van der Waals surface area (Å²) in [5.74, 6) is 1.19. The molecule has 0 amide bonds. The van der Waals surface area contributed by atoms with Crippen LogP contribution < -0.4 is 10.3 Å². The average Bonchev–Trinajstić information content (AvgIpc) is 3.13. The Labute approximate surface area is 159 Å². The van der Waals surface area contributed by atoms with Gasteiger partial charge < -0.3 is 9.72 Å². The van der Waals surface area contributed by atoms with E-state index in [0.29, 0.717) is 27.2 Å². The number of Topliss-reactive ketones (excluding diaryl/α,β-unsaturated/α-hetero) is 1. The number of carbonyl (C=O) groups excluding carboxylic acids is 1. The molecular formula is C21H16N2O3S. The van der Waals surface area contributed by atoms with E-state index in [9.17, 15) is 9.59 Å². The molecule has 134 valence electrons. The summed E-state index contributed by atoms with van der Waals surface area (Å²) in [6.07, 6.45) is 0. The number of methoxy groups -OCH3 is 1. The first-order valence-corrected chi connectivity index (χ1v) is 9.22. The molecule has 0 spiro atoms. The van der Waals surface area contributed by atoms with Gasteiger partial charge in [-0.1, -0.05) is 30.3 Å². The SMILES string of the molecule is COc1ccc(-c2csc3nc(-c4cccc(C(C)=O)c4)[nH]c(=O)c23)cc1. The van der Waals surface area contributed by atoms with Crippen LogP contribution in [0.5, 0.6) is 5.75 Å². The van der Waals surface area contributed by atoms with Gasteiger partial charge in [0, 0.05) is 22.1 Å². The minimum atomic E-state index is -0.199. The second-order valence-corrected chi connectivity index (χ2v) is 6.97. The number of carbonyl (C=O) groups is 1. The number of rotatable bonds is 4. The van der Waals surface area contributed by atoms with E-state index < -0.39 is 0 Å². The number of fused-ring (bicyclic) bond motifs is 1. The van der Waals surface area contributed by atoms with Gasteiger partial charge in [-0.15, -0.1) is 11.3 Å². The van der Waals surface area contributed by atoms with Crippen molar-refractivity contribution in [1.82, 2.24) is 9.97 Å². The van der Waals surface area contributed by atoms with Crippen LogP contribution in [-0.2, 0) is 0 Å². The van der Waals surface area contributed by atoms with Crippen LogP contribution in [0.1, 0.15) is 17.3 Å². The van der Waals surface area contributed by atoms with Gasteiger partial charge in [0.1, 0.15) is 16.4 Å². The van der Waals surface area contributed by atoms with Crippen molar-refractivity contribution in [3.05, 3.63) is 69.8 Å². The summed E-state index contributed by atoms with van der Waals surface area (Å²) in [6.45, 7) is 1.51. The van der Waals surface area contributed by atoms with E-state index in [2.05, 4.69) is 9.97 Å². The van der Waals surface area contributed by atoms with Gasteiger partial charge in [-0.2, -0.15) is 0 Å². The summed E-state index contributed by atoms with van der Waals surface area (Å²) >= 11 is 1.42. The van der Waals surface area contributed by atoms with Gasteiger partial charge >= 0.3 is 0 Å². The van der Waals surface area contributed by atoms with E-state index in [1.54, 1.807) is 25.3 Å². The van der Waals surface area contributed by atoms with Crippen molar-refractivity contribution in [1.29, 1.82) is 0 Å². The summed E-state index contributed by atoms with van der Waals surface area (Å²) in [7, 11) is 1.62. The molecule has 0 saturated heterocycles. The molecule has 2 aromatic carbocycles. The predicted molar refractivity (Wildman–Crippen MR) is 108 cm³/mol. The molecule has 27 heavy (non-hydrogen) atoms. The molecule has 0 aliphatic heterocycles. The van der Waals surface area contributed by atoms with E-state index in [1.807, 2.05) is 35.7 Å². The van der Waals surface area contributed by atoms with Crippen LogP contribution in [0.15, 0.2) is 58.7 Å². The second kappa shape index (κ2) is 6.81. The first-order valence-electron chi connectivity index (χ1n) is 8.34. The first kappa shape index (κ1) is 17.2. The van der Waals surface area contributed by atoms with Crippen molar-refractivity contribution >= 4 is 27.3 Å². The minimum absolute atomic E-state index is 0.0295. The molecule has 4 aromatic rings. The maximum absolute atomic E-state index is 12.8. The number of nitrogens with zero attached hydrogens (tertiary/aromatic N) is 1. The van der Waals surface area contributed by atoms with Gasteiger partial charge in [0.2, 0.25) is 0 Å². The van der Waals surface area contributed by atoms with Crippen LogP contribution in [0.3, 0.4) is 0 Å². The summed E-state index contributed by atoms with van der Waals surface area (Å²) in [5.41, 5.74) is 2.87. The smallest absolute Gasteiger partial charge is 0.260 e. The Morgan fingerprint density at radius 1 is 1.11 bits per heavy atom. The fourth-order valence-electron chi connectivity index (χ4n) is 2.95. The fraction of sp³-hybridized carbons (Fsp3) is 0.0952. The third kappa shape index (κ3) is 3.15. The van der Waals surface area contributed by atoms with Gasteiger partial charge in [0.05, 0.1) is 12.5 Å². The van der Waals surface area contributed by atoms with Crippen molar-refractivity contribution in [3.8, 4) is 28.3 Å². The lowest BCUT2D eigenvalue weighted by molar-refractivity contribution is 0.101. The lowest BCUT2D eigenvalue weighted by Gasteiger charge is -2.05. The predicted octanol–water partition coefficient (Wildman–Crippen LogP) is 4.53. The molecule has 0 unspecified atom stereocenters. The number of ether oxygens (including phenoxy) is 1. The number of aromatic amines is 1. The maximum atomic E-state index is 12.8. The number of benzene rings is 2. The highest BCUT2D eigenvalue weighted by atomic mass is 32.1. The Hall–Kier alpha value is -3.25. The number of thiophene rings is 1. The summed E-state index contributed by atoms with van der Waals surface area (Å²) in [6, 6.07) is 14.7. The van der Waals surface area contributed by atoms with Crippen LogP contribution in [0.4, 0.5) is 0 Å². The van der Waals surface area contributed by atoms with Crippen molar-refractivity contribution in [2.45, 2.75) is 6.92 Å². The molecule has 6 heteroatoms. The van der Waals surface area contributed by atoms with Gasteiger partial charge in [-0.3, -0.25) is 9.59 Å². The maximum Gasteiger partial charge on any atom is 0.260 e. The lowest BCUT2D eigenvalue weighted by atomic mass is 10.1. The number of aromatic nitrogens is 2. The Morgan fingerprint density at radius 3 is 2.59 bits per heavy atom. The van der Waals surface area contributed by atoms with E-state index in [-0.39, 0.29) is 11.3 Å². The highest BCUT2D eigenvalue weighted by Gasteiger charge is 2.14. The fourth-order valence-corrected chi connectivity index (χ4v) is 3.90. The van der Waals surface area contributed by atoms with E-state index in [1.165, 1.54) is 18.3 Å². The number of H-pyrrole nitrogens is 1. The average molecular weight is 376 g/mol. The molecule has 0 bridgehead atoms. The minimum Gasteiger partial charge on any atom is -0.497 e. The quantitative estimate of drug-likeness (QED) is 0.531. The molecule has 1 N–H and O–H groups in total. The Morgan fingerprint density at radius 2 is 1.89 bits per heavy atom. The summed E-state index contributed by atoms with van der Waals surface area (Å²) < 4.78 is 5.19. The molecule has 0 radical (unpaired) electrons. The van der Waals surface area contributed by atoms with Crippen LogP contribution >= 0.6 is 11.3 Å². The van der Waals surface area contributed by atoms with E-state index in [4.69, 9.17) is 4.74 Å². The Bertz CT molecular complexity index is 1210. The topological polar surface area (TPSA) is 72.0 Å². The third-order valence-corrected chi connectivity index (χ3v) is 5.26. The zero-order chi connectivity index (χ0) is 19.0. The van der Waals surface area contributed by atoms with Crippen LogP contribution in [-0.4, -0.2) is 22.9 Å². The molecule has 0 saturated carbocycles. The third-order valence-electron chi connectivity index (χ3n) is 4.39. The van der Waals surface area contributed by atoms with Crippen LogP contribution in [0, 0.1) is 0 Å². The molecule has 4 rings (SSSR count). The van der Waals surface area contributed by atoms with Crippen LogP contribution in [0.2, 0.25) is 0 Å². The highest BCUT2D eigenvalue weighted by molar-refractivity contribution is 7.17. The van der Waals surface area contributed by atoms with Gasteiger partial charge in [0.15, 0.2) is 5.78 Å². The Balaban J connectivity index is 1.83. The lowest BCUT2D eigenvalue weighted by Crippen LogP contribution is -2.09. The zero-order valence-corrected chi connectivity index (χ0v) is 15.6. The molecule has 0 fully saturated rings. The summed E-state index contributed by atoms with van der Waals surface area (Å²) in [4.78, 5) is 32.5. The monoisotopic (exact) mass is 376 g/mol.